The van der Waals surface area contributed by atoms with Crippen LogP contribution >= 0.6 is 19.1 Å². The van der Waals surface area contributed by atoms with Crippen LogP contribution in [-0.4, -0.2) is 53.2 Å². The summed E-state index contributed by atoms with van der Waals surface area (Å²) in [5, 5.41) is 11.7. The minimum absolute atomic E-state index is 0.0216. The molecule has 1 unspecified atom stereocenters. The summed E-state index contributed by atoms with van der Waals surface area (Å²) in [6, 6.07) is 13.0. The molecule has 5 rings (SSSR count). The van der Waals surface area contributed by atoms with E-state index in [4.69, 9.17) is 25.6 Å². The molecule has 1 saturated heterocycles. The van der Waals surface area contributed by atoms with Crippen LogP contribution in [0.25, 0.3) is 0 Å². The fraction of sp³-hybridized carbons (Fsp3) is 0.321. The summed E-state index contributed by atoms with van der Waals surface area (Å²) in [5.41, 5.74) is 0.889. The van der Waals surface area contributed by atoms with Gasteiger partial charge in [0, 0.05) is 50.4 Å². The van der Waals surface area contributed by atoms with Crippen molar-refractivity contribution in [2.75, 3.05) is 27.2 Å². The van der Waals surface area contributed by atoms with Crippen LogP contribution in [0.15, 0.2) is 54.6 Å². The van der Waals surface area contributed by atoms with E-state index in [0.29, 0.717) is 16.9 Å². The Hall–Kier alpha value is -3.50. The highest BCUT2D eigenvalue weighted by molar-refractivity contribution is 7.57. The van der Waals surface area contributed by atoms with Crippen LogP contribution in [0.4, 0.5) is 10.1 Å². The van der Waals surface area contributed by atoms with Crippen molar-refractivity contribution >= 4 is 30.7 Å². The number of benzene rings is 3. The smallest absolute Gasteiger partial charge is 0.311 e. The number of nitro benzene ring substituents is 1. The number of nitro groups is 1. The minimum Gasteiger partial charge on any atom is -0.487 e. The van der Waals surface area contributed by atoms with Gasteiger partial charge >= 0.3 is 5.69 Å². The Labute approximate surface area is 241 Å². The number of nitrogens with zero attached hydrogens (tertiary/aromatic N) is 3. The van der Waals surface area contributed by atoms with Gasteiger partial charge in [-0.3, -0.25) is 19.5 Å². The predicted molar refractivity (Wildman–Crippen MR) is 150 cm³/mol. The molecule has 1 saturated carbocycles. The van der Waals surface area contributed by atoms with Crippen molar-refractivity contribution in [3.05, 3.63) is 92.2 Å². The first kappa shape index (κ1) is 29.0. The Morgan fingerprint density at radius 1 is 1.10 bits per heavy atom. The lowest BCUT2D eigenvalue weighted by atomic mass is 10.2. The summed E-state index contributed by atoms with van der Waals surface area (Å²) < 4.78 is 47.1. The lowest BCUT2D eigenvalue weighted by Gasteiger charge is -2.19. The van der Waals surface area contributed by atoms with Gasteiger partial charge in [0.1, 0.15) is 23.9 Å². The first-order chi connectivity index (χ1) is 19.5. The first-order valence-electron chi connectivity index (χ1n) is 12.9. The van der Waals surface area contributed by atoms with E-state index in [1.54, 1.807) is 38.4 Å². The highest BCUT2D eigenvalue weighted by Crippen LogP contribution is 2.66. The monoisotopic (exact) mass is 603 g/mol. The van der Waals surface area contributed by atoms with Gasteiger partial charge < -0.3 is 18.9 Å². The first-order valence-corrected chi connectivity index (χ1v) is 14.9. The predicted octanol–water partition coefficient (Wildman–Crippen LogP) is 6.65. The Morgan fingerprint density at radius 3 is 2.41 bits per heavy atom. The maximum Gasteiger partial charge on any atom is 0.311 e. The number of halogens is 2. The van der Waals surface area contributed by atoms with Gasteiger partial charge in [0.15, 0.2) is 0 Å². The van der Waals surface area contributed by atoms with E-state index in [0.717, 1.165) is 32.0 Å². The van der Waals surface area contributed by atoms with Crippen LogP contribution < -0.4 is 9.47 Å². The zero-order valence-electron chi connectivity index (χ0n) is 22.4. The fourth-order valence-electron chi connectivity index (χ4n) is 4.19. The number of hydrogen-bond acceptors (Lipinski definition) is 7. The third kappa shape index (κ3) is 6.70. The minimum atomic E-state index is -2.94. The van der Waals surface area contributed by atoms with E-state index in [2.05, 4.69) is 0 Å². The summed E-state index contributed by atoms with van der Waals surface area (Å²) >= 11 is 6.36. The average molecular weight is 604 g/mol. The number of hydrogen-bond donors (Lipinski definition) is 0. The van der Waals surface area contributed by atoms with Crippen molar-refractivity contribution in [3.8, 4) is 17.2 Å². The van der Waals surface area contributed by atoms with Crippen molar-refractivity contribution in [1.29, 1.82) is 0 Å². The summed E-state index contributed by atoms with van der Waals surface area (Å²) in [4.78, 5) is 24.6. The molecule has 1 atom stereocenters. The number of ether oxygens (including phenoxy) is 2. The van der Waals surface area contributed by atoms with Crippen LogP contribution in [0.2, 0.25) is 5.02 Å². The SMILES string of the molecule is CN(C)C(=O)c1ccc(Oc2cc(COc3cc(F)c(COP(=O)(C4CC4)N4CC4)cc3Cl)ccc2[N+](=O)[O-])cc1. The maximum absolute atomic E-state index is 14.9. The van der Waals surface area contributed by atoms with Crippen molar-refractivity contribution in [2.45, 2.75) is 31.7 Å². The van der Waals surface area contributed by atoms with Crippen molar-refractivity contribution < 1.29 is 32.7 Å². The molecule has 3 aromatic carbocycles. The van der Waals surface area contributed by atoms with Crippen LogP contribution in [0.1, 0.15) is 34.3 Å². The average Bonchev–Trinajstić information content (AvgIpc) is 3.85. The molecule has 0 bridgehead atoms. The number of amides is 1. The van der Waals surface area contributed by atoms with E-state index in [-0.39, 0.29) is 52.6 Å². The third-order valence-corrected chi connectivity index (χ3v) is 10.1. The quantitative estimate of drug-likeness (QED) is 0.0979. The van der Waals surface area contributed by atoms with Crippen molar-refractivity contribution in [2.24, 2.45) is 0 Å². The lowest BCUT2D eigenvalue weighted by Crippen LogP contribution is -2.21. The van der Waals surface area contributed by atoms with Gasteiger partial charge in [-0.25, -0.2) is 9.06 Å². The molecule has 0 radical (unpaired) electrons. The largest absolute Gasteiger partial charge is 0.487 e. The number of rotatable bonds is 12. The third-order valence-electron chi connectivity index (χ3n) is 6.68. The second-order valence-electron chi connectivity index (χ2n) is 10.1. The molecule has 1 aliphatic heterocycles. The van der Waals surface area contributed by atoms with Crippen LogP contribution in [-0.2, 0) is 22.3 Å². The Kier molecular flexibility index (Phi) is 8.33. The summed E-state index contributed by atoms with van der Waals surface area (Å²) in [6.45, 7) is 1.21. The molecule has 3 aromatic rings. The molecule has 41 heavy (non-hydrogen) atoms. The van der Waals surface area contributed by atoms with Gasteiger partial charge in [0.25, 0.3) is 13.4 Å². The standard InChI is InChI=1S/C28H28ClFN3O7P/c1-31(2)28(34)19-4-6-21(7-5-19)40-27-13-18(3-10-25(27)33(35)36)16-38-26-15-24(30)20(14-23(26)29)17-39-41(37,22-8-9-22)32-11-12-32/h3-7,10,13-15,22H,8-9,11-12,16-17H2,1-2H3. The molecule has 0 spiro atoms. The molecule has 13 heteroatoms. The Balaban J connectivity index is 1.26. The molecule has 2 fully saturated rings. The highest BCUT2D eigenvalue weighted by atomic mass is 35.5. The number of carbonyl (C=O) groups is 1. The zero-order chi connectivity index (χ0) is 29.3. The summed E-state index contributed by atoms with van der Waals surface area (Å²) in [5.74, 6) is -0.451. The van der Waals surface area contributed by atoms with Gasteiger partial charge in [-0.2, -0.15) is 0 Å². The summed E-state index contributed by atoms with van der Waals surface area (Å²) in [7, 11) is 0.328. The van der Waals surface area contributed by atoms with Crippen LogP contribution in [0.3, 0.4) is 0 Å². The second-order valence-corrected chi connectivity index (χ2v) is 13.2. The van der Waals surface area contributed by atoms with Crippen molar-refractivity contribution in [1.82, 2.24) is 9.57 Å². The molecule has 1 aliphatic carbocycles. The summed E-state index contributed by atoms with van der Waals surface area (Å²) in [6.07, 6.45) is 1.70. The second kappa shape index (κ2) is 11.8. The highest BCUT2D eigenvalue weighted by Gasteiger charge is 2.50. The Morgan fingerprint density at radius 2 is 1.80 bits per heavy atom. The van der Waals surface area contributed by atoms with Crippen molar-refractivity contribution in [3.63, 3.8) is 0 Å². The van der Waals surface area contributed by atoms with Gasteiger partial charge in [0.05, 0.1) is 22.2 Å². The zero-order valence-corrected chi connectivity index (χ0v) is 24.1. The fourth-order valence-corrected chi connectivity index (χ4v) is 7.04. The lowest BCUT2D eigenvalue weighted by molar-refractivity contribution is -0.385. The maximum atomic E-state index is 14.9. The van der Waals surface area contributed by atoms with Gasteiger partial charge in [0.2, 0.25) is 5.75 Å². The molecule has 1 heterocycles. The Bertz CT molecular complexity index is 1510. The molecular formula is C28H28ClFN3O7P. The molecular weight excluding hydrogens is 576 g/mol. The molecule has 216 valence electrons. The van der Waals surface area contributed by atoms with Gasteiger partial charge in [-0.05, 0) is 60.9 Å². The van der Waals surface area contributed by atoms with E-state index in [9.17, 15) is 23.9 Å². The van der Waals surface area contributed by atoms with E-state index >= 15 is 0 Å². The van der Waals surface area contributed by atoms with Crippen LogP contribution in [0, 0.1) is 15.9 Å². The molecule has 1 amide bonds. The van der Waals surface area contributed by atoms with E-state index in [1.165, 1.54) is 29.2 Å². The molecule has 0 aromatic heterocycles. The number of carbonyl (C=O) groups excluding carboxylic acids is 1. The molecule has 10 nitrogen and oxygen atoms in total. The normalized spacial score (nSPS) is 16.1. The molecule has 2 aliphatic rings. The van der Waals surface area contributed by atoms with E-state index in [1.807, 2.05) is 4.67 Å². The van der Waals surface area contributed by atoms with Gasteiger partial charge in [-0.15, -0.1) is 0 Å². The van der Waals surface area contributed by atoms with E-state index < -0.39 is 18.3 Å². The van der Waals surface area contributed by atoms with Crippen LogP contribution in [0.5, 0.6) is 17.2 Å². The topological polar surface area (TPSA) is 111 Å². The van der Waals surface area contributed by atoms with Gasteiger partial charge in [-0.1, -0.05) is 11.6 Å². The molecule has 0 N–H and O–H groups in total.